The van der Waals surface area contributed by atoms with E-state index in [1.54, 1.807) is 0 Å². The molecule has 0 aliphatic rings. The number of nitrogens with one attached hydrogen (secondary N) is 1. The molecule has 102 valence electrons. The number of benzene rings is 1. The van der Waals surface area contributed by atoms with Gasteiger partial charge in [0.1, 0.15) is 5.75 Å². The summed E-state index contributed by atoms with van der Waals surface area (Å²) in [5.74, 6) is 1.08. The van der Waals surface area contributed by atoms with Crippen LogP contribution in [0.3, 0.4) is 0 Å². The van der Waals surface area contributed by atoms with Crippen LogP contribution in [0.25, 0.3) is 0 Å². The van der Waals surface area contributed by atoms with Gasteiger partial charge in [-0.15, -0.1) is 0 Å². The number of hydrogen-bond acceptors (Lipinski definition) is 2. The second kappa shape index (κ2) is 8.15. The third-order valence-corrected chi connectivity index (χ3v) is 3.37. The minimum Gasteiger partial charge on any atom is -0.493 e. The number of hydrogen-bond donors (Lipinski definition) is 1. The van der Waals surface area contributed by atoms with Crippen molar-refractivity contribution < 1.29 is 4.74 Å². The van der Waals surface area contributed by atoms with Gasteiger partial charge >= 0.3 is 0 Å². The molecule has 0 saturated carbocycles. The maximum atomic E-state index is 5.93. The maximum Gasteiger partial charge on any atom is 0.125 e. The highest BCUT2D eigenvalue weighted by Gasteiger charge is 2.05. The Kier molecular flexibility index (Phi) is 6.81. The van der Waals surface area contributed by atoms with Crippen LogP contribution in [0.4, 0.5) is 0 Å². The first-order chi connectivity index (χ1) is 8.66. The Hall–Kier alpha value is -1.02. The first kappa shape index (κ1) is 15.0. The average molecular weight is 249 g/mol. The van der Waals surface area contributed by atoms with Crippen molar-refractivity contribution in [2.24, 2.45) is 0 Å². The van der Waals surface area contributed by atoms with Crippen LogP contribution in [-0.4, -0.2) is 19.7 Å². The summed E-state index contributed by atoms with van der Waals surface area (Å²) in [5, 5.41) is 3.34. The molecule has 0 heterocycles. The molecule has 0 aliphatic carbocycles. The molecule has 0 amide bonds. The van der Waals surface area contributed by atoms with Gasteiger partial charge in [0.05, 0.1) is 6.61 Å². The summed E-state index contributed by atoms with van der Waals surface area (Å²) in [5.41, 5.74) is 3.83. The fourth-order valence-corrected chi connectivity index (χ4v) is 2.03. The van der Waals surface area contributed by atoms with Crippen LogP contribution in [-0.2, 0) is 0 Å². The third kappa shape index (κ3) is 4.69. The van der Waals surface area contributed by atoms with Crippen molar-refractivity contribution in [3.8, 4) is 5.75 Å². The third-order valence-electron chi connectivity index (χ3n) is 3.37. The lowest BCUT2D eigenvalue weighted by molar-refractivity contribution is 0.301. The molecule has 18 heavy (non-hydrogen) atoms. The molecule has 0 fully saturated rings. The summed E-state index contributed by atoms with van der Waals surface area (Å²) in [6.45, 7) is 11.6. The van der Waals surface area contributed by atoms with Crippen molar-refractivity contribution in [3.63, 3.8) is 0 Å². The zero-order valence-electron chi connectivity index (χ0n) is 12.3. The van der Waals surface area contributed by atoms with E-state index in [-0.39, 0.29) is 0 Å². The molecule has 0 spiro atoms. The first-order valence-corrected chi connectivity index (χ1v) is 7.07. The van der Waals surface area contributed by atoms with E-state index >= 15 is 0 Å². The lowest BCUT2D eigenvalue weighted by atomic mass is 10.1. The molecule has 1 rings (SSSR count). The van der Waals surface area contributed by atoms with Gasteiger partial charge in [0.15, 0.2) is 0 Å². The van der Waals surface area contributed by atoms with Crippen LogP contribution in [0, 0.1) is 20.8 Å². The molecule has 0 bridgehead atoms. The van der Waals surface area contributed by atoms with E-state index in [1.165, 1.54) is 29.5 Å². The second-order valence-corrected chi connectivity index (χ2v) is 4.92. The van der Waals surface area contributed by atoms with Crippen molar-refractivity contribution in [3.05, 3.63) is 28.8 Å². The van der Waals surface area contributed by atoms with Gasteiger partial charge in [-0.1, -0.05) is 19.1 Å². The summed E-state index contributed by atoms with van der Waals surface area (Å²) < 4.78 is 5.93. The molecule has 0 radical (unpaired) electrons. The summed E-state index contributed by atoms with van der Waals surface area (Å²) >= 11 is 0. The Labute approximate surface area is 112 Å². The van der Waals surface area contributed by atoms with Crippen LogP contribution in [0.5, 0.6) is 5.75 Å². The van der Waals surface area contributed by atoms with Gasteiger partial charge in [0.25, 0.3) is 0 Å². The molecule has 2 nitrogen and oxygen atoms in total. The van der Waals surface area contributed by atoms with Crippen LogP contribution in [0.2, 0.25) is 0 Å². The number of rotatable bonds is 8. The molecule has 0 aliphatic heterocycles. The summed E-state index contributed by atoms with van der Waals surface area (Å²) in [7, 11) is 0. The van der Waals surface area contributed by atoms with E-state index in [9.17, 15) is 0 Å². The van der Waals surface area contributed by atoms with E-state index in [2.05, 4.69) is 45.1 Å². The lowest BCUT2D eigenvalue weighted by Gasteiger charge is -2.13. The van der Waals surface area contributed by atoms with Gasteiger partial charge in [0, 0.05) is 0 Å². The molecular weight excluding hydrogens is 222 g/mol. The first-order valence-electron chi connectivity index (χ1n) is 7.07. The molecule has 0 unspecified atom stereocenters. The van der Waals surface area contributed by atoms with Crippen molar-refractivity contribution in [2.45, 2.75) is 47.0 Å². The van der Waals surface area contributed by atoms with Crippen molar-refractivity contribution in [2.75, 3.05) is 19.7 Å². The molecule has 0 atom stereocenters. The van der Waals surface area contributed by atoms with Gasteiger partial charge in [-0.2, -0.15) is 0 Å². The molecule has 1 aromatic carbocycles. The second-order valence-electron chi connectivity index (χ2n) is 4.92. The highest BCUT2D eigenvalue weighted by atomic mass is 16.5. The summed E-state index contributed by atoms with van der Waals surface area (Å²) in [4.78, 5) is 0. The van der Waals surface area contributed by atoms with Gasteiger partial charge in [-0.25, -0.2) is 0 Å². The van der Waals surface area contributed by atoms with E-state index < -0.39 is 0 Å². The molecule has 1 aromatic rings. The van der Waals surface area contributed by atoms with Gasteiger partial charge in [-0.05, 0) is 69.8 Å². The zero-order chi connectivity index (χ0) is 13.4. The van der Waals surface area contributed by atoms with Crippen LogP contribution in [0.15, 0.2) is 12.1 Å². The van der Waals surface area contributed by atoms with Gasteiger partial charge in [-0.3, -0.25) is 0 Å². The van der Waals surface area contributed by atoms with Gasteiger partial charge in [0.2, 0.25) is 0 Å². The zero-order valence-corrected chi connectivity index (χ0v) is 12.3. The summed E-state index contributed by atoms with van der Waals surface area (Å²) in [6.07, 6.45) is 3.61. The Morgan fingerprint density at radius 1 is 1.00 bits per heavy atom. The Morgan fingerprint density at radius 2 is 1.72 bits per heavy atom. The monoisotopic (exact) mass is 249 g/mol. The fraction of sp³-hybridized carbons (Fsp3) is 0.625. The van der Waals surface area contributed by atoms with Crippen LogP contribution < -0.4 is 10.1 Å². The molecule has 2 heteroatoms. The number of unbranched alkanes of at least 4 members (excludes halogenated alkanes) is 2. The standard InChI is InChI=1S/C16H27NO/c1-5-17-11-7-6-8-12-18-16-14(3)10-9-13(2)15(16)4/h9-10,17H,5-8,11-12H2,1-4H3. The van der Waals surface area contributed by atoms with Crippen LogP contribution >= 0.6 is 0 Å². The highest BCUT2D eigenvalue weighted by Crippen LogP contribution is 2.25. The summed E-state index contributed by atoms with van der Waals surface area (Å²) in [6, 6.07) is 4.30. The average Bonchev–Trinajstić information content (AvgIpc) is 2.36. The van der Waals surface area contributed by atoms with Crippen molar-refractivity contribution in [1.29, 1.82) is 0 Å². The molecule has 0 saturated heterocycles. The Bertz CT molecular complexity index is 360. The minimum atomic E-state index is 0.831. The molecule has 1 N–H and O–H groups in total. The van der Waals surface area contributed by atoms with Gasteiger partial charge < -0.3 is 10.1 Å². The van der Waals surface area contributed by atoms with E-state index in [1.807, 2.05) is 0 Å². The molecule has 0 aromatic heterocycles. The number of aryl methyl sites for hydroxylation is 2. The van der Waals surface area contributed by atoms with E-state index in [4.69, 9.17) is 4.74 Å². The fourth-order valence-electron chi connectivity index (χ4n) is 2.03. The Balaban J connectivity index is 2.29. The largest absolute Gasteiger partial charge is 0.493 e. The SMILES string of the molecule is CCNCCCCCOc1c(C)ccc(C)c1C. The van der Waals surface area contributed by atoms with E-state index in [0.29, 0.717) is 0 Å². The highest BCUT2D eigenvalue weighted by molar-refractivity contribution is 5.44. The number of ether oxygens (including phenoxy) is 1. The van der Waals surface area contributed by atoms with Crippen LogP contribution in [0.1, 0.15) is 42.9 Å². The minimum absolute atomic E-state index is 0.831. The quantitative estimate of drug-likeness (QED) is 0.708. The Morgan fingerprint density at radius 3 is 2.44 bits per heavy atom. The van der Waals surface area contributed by atoms with E-state index in [0.717, 1.165) is 31.9 Å². The van der Waals surface area contributed by atoms with Crippen molar-refractivity contribution >= 4 is 0 Å². The predicted octanol–water partition coefficient (Wildman–Crippen LogP) is 3.77. The normalized spacial score (nSPS) is 10.7. The lowest BCUT2D eigenvalue weighted by Crippen LogP contribution is -2.14. The smallest absolute Gasteiger partial charge is 0.125 e. The maximum absolute atomic E-state index is 5.93. The van der Waals surface area contributed by atoms with Crippen molar-refractivity contribution in [1.82, 2.24) is 5.32 Å². The molecular formula is C16H27NO. The predicted molar refractivity (Wildman–Crippen MR) is 78.5 cm³/mol. The topological polar surface area (TPSA) is 21.3 Å².